The van der Waals surface area contributed by atoms with Gasteiger partial charge in [-0.15, -0.1) is 0 Å². The second-order valence-corrected chi connectivity index (χ2v) is 4.27. The van der Waals surface area contributed by atoms with Crippen LogP contribution < -0.4 is 10.2 Å². The Morgan fingerprint density at radius 3 is 2.95 bits per heavy atom. The topological polar surface area (TPSA) is 63.2 Å². The van der Waals surface area contributed by atoms with Gasteiger partial charge in [0, 0.05) is 6.07 Å². The highest BCUT2D eigenvalue weighted by Gasteiger charge is 2.09. The van der Waals surface area contributed by atoms with Gasteiger partial charge in [0.15, 0.2) is 5.43 Å². The highest BCUT2D eigenvalue weighted by molar-refractivity contribution is 5.83. The summed E-state index contributed by atoms with van der Waals surface area (Å²) in [4.78, 5) is 12.0. The molecule has 0 aliphatic heterocycles. The van der Waals surface area contributed by atoms with Crippen molar-refractivity contribution < 1.29 is 9.15 Å². The molecule has 0 spiro atoms. The SMILES string of the molecule is CCCCCOc1cccc2oc(C#N)cc(=O)c12. The van der Waals surface area contributed by atoms with E-state index in [9.17, 15) is 4.79 Å². The average Bonchev–Trinajstić information content (AvgIpc) is 2.43. The fraction of sp³-hybridized carbons (Fsp3) is 0.333. The van der Waals surface area contributed by atoms with Crippen LogP contribution >= 0.6 is 0 Å². The van der Waals surface area contributed by atoms with Gasteiger partial charge in [-0.1, -0.05) is 25.8 Å². The third kappa shape index (κ3) is 2.94. The first-order valence-electron chi connectivity index (χ1n) is 6.36. The Morgan fingerprint density at radius 2 is 2.21 bits per heavy atom. The normalized spacial score (nSPS) is 10.3. The zero-order chi connectivity index (χ0) is 13.7. The van der Waals surface area contributed by atoms with Gasteiger partial charge in [0.2, 0.25) is 5.76 Å². The molecule has 0 aliphatic rings. The van der Waals surface area contributed by atoms with Crippen LogP contribution in [0.1, 0.15) is 31.9 Å². The Bertz CT molecular complexity index is 667. The van der Waals surface area contributed by atoms with Crippen LogP contribution in [0, 0.1) is 11.3 Å². The first-order valence-corrected chi connectivity index (χ1v) is 6.36. The fourth-order valence-electron chi connectivity index (χ4n) is 1.89. The fourth-order valence-corrected chi connectivity index (χ4v) is 1.89. The molecule has 0 saturated carbocycles. The van der Waals surface area contributed by atoms with Crippen LogP contribution in [-0.2, 0) is 0 Å². The first kappa shape index (κ1) is 13.2. The summed E-state index contributed by atoms with van der Waals surface area (Å²) in [6.45, 7) is 2.70. The van der Waals surface area contributed by atoms with Crippen molar-refractivity contribution in [2.75, 3.05) is 6.61 Å². The van der Waals surface area contributed by atoms with Crippen molar-refractivity contribution in [1.82, 2.24) is 0 Å². The minimum atomic E-state index is -0.246. The van der Waals surface area contributed by atoms with E-state index in [1.165, 1.54) is 6.07 Å². The Hall–Kier alpha value is -2.28. The third-order valence-electron chi connectivity index (χ3n) is 2.83. The van der Waals surface area contributed by atoms with Crippen molar-refractivity contribution in [2.45, 2.75) is 26.2 Å². The van der Waals surface area contributed by atoms with Crippen molar-refractivity contribution in [1.29, 1.82) is 5.26 Å². The zero-order valence-electron chi connectivity index (χ0n) is 10.8. The van der Waals surface area contributed by atoms with Crippen molar-refractivity contribution in [2.24, 2.45) is 0 Å². The first-order chi connectivity index (χ1) is 9.26. The molecular formula is C15H15NO3. The number of nitriles is 1. The van der Waals surface area contributed by atoms with Crippen molar-refractivity contribution >= 4 is 11.0 Å². The maximum absolute atomic E-state index is 12.0. The van der Waals surface area contributed by atoms with Gasteiger partial charge in [0.1, 0.15) is 22.8 Å². The van der Waals surface area contributed by atoms with Gasteiger partial charge in [0.25, 0.3) is 0 Å². The Kier molecular flexibility index (Phi) is 4.19. The molecule has 0 amide bonds. The van der Waals surface area contributed by atoms with Gasteiger partial charge in [-0.2, -0.15) is 5.26 Å². The van der Waals surface area contributed by atoms with E-state index in [0.717, 1.165) is 19.3 Å². The molecule has 4 heteroatoms. The van der Waals surface area contributed by atoms with Crippen molar-refractivity contribution in [3.05, 3.63) is 40.2 Å². The van der Waals surface area contributed by atoms with Gasteiger partial charge in [-0.3, -0.25) is 4.79 Å². The summed E-state index contributed by atoms with van der Waals surface area (Å²) in [5.74, 6) is 0.535. The third-order valence-corrected chi connectivity index (χ3v) is 2.83. The number of nitrogens with zero attached hydrogens (tertiary/aromatic N) is 1. The maximum Gasteiger partial charge on any atom is 0.207 e. The van der Waals surface area contributed by atoms with Gasteiger partial charge in [-0.05, 0) is 18.6 Å². The van der Waals surface area contributed by atoms with E-state index in [0.29, 0.717) is 23.3 Å². The van der Waals surface area contributed by atoms with Crippen molar-refractivity contribution in [3.8, 4) is 11.8 Å². The van der Waals surface area contributed by atoms with Gasteiger partial charge >= 0.3 is 0 Å². The quantitative estimate of drug-likeness (QED) is 0.771. The van der Waals surface area contributed by atoms with Gasteiger partial charge < -0.3 is 9.15 Å². The standard InChI is InChI=1S/C15H15NO3/c1-2-3-4-8-18-13-6-5-7-14-15(13)12(17)9-11(10-16)19-14/h5-7,9H,2-4,8H2,1H3. The Morgan fingerprint density at radius 1 is 1.37 bits per heavy atom. The van der Waals surface area contributed by atoms with Crippen LogP contribution in [0.3, 0.4) is 0 Å². The van der Waals surface area contributed by atoms with Crippen LogP contribution in [0.25, 0.3) is 11.0 Å². The van der Waals surface area contributed by atoms with Crippen LogP contribution in [0.4, 0.5) is 0 Å². The predicted molar refractivity (Wildman–Crippen MR) is 72.2 cm³/mol. The van der Waals surface area contributed by atoms with E-state index >= 15 is 0 Å². The molecule has 0 bridgehead atoms. The summed E-state index contributed by atoms with van der Waals surface area (Å²) in [5.41, 5.74) is 0.140. The lowest BCUT2D eigenvalue weighted by molar-refractivity contribution is 0.309. The highest BCUT2D eigenvalue weighted by Crippen LogP contribution is 2.23. The minimum absolute atomic E-state index is 0.0145. The van der Waals surface area contributed by atoms with Crippen LogP contribution in [0.2, 0.25) is 0 Å². The number of rotatable bonds is 5. The van der Waals surface area contributed by atoms with E-state index in [-0.39, 0.29) is 11.2 Å². The minimum Gasteiger partial charge on any atom is -0.493 e. The molecule has 1 heterocycles. The summed E-state index contributed by atoms with van der Waals surface area (Å²) < 4.78 is 11.0. The molecule has 0 saturated heterocycles. The lowest BCUT2D eigenvalue weighted by atomic mass is 10.2. The zero-order valence-corrected chi connectivity index (χ0v) is 10.8. The highest BCUT2D eigenvalue weighted by atomic mass is 16.5. The summed E-state index contributed by atoms with van der Waals surface area (Å²) in [6.07, 6.45) is 3.17. The lowest BCUT2D eigenvalue weighted by Crippen LogP contribution is -2.05. The van der Waals surface area contributed by atoms with Gasteiger partial charge in [-0.25, -0.2) is 0 Å². The van der Waals surface area contributed by atoms with Crippen LogP contribution in [-0.4, -0.2) is 6.61 Å². The summed E-state index contributed by atoms with van der Waals surface area (Å²) in [5, 5.41) is 9.18. The molecule has 4 nitrogen and oxygen atoms in total. The summed E-state index contributed by atoms with van der Waals surface area (Å²) in [7, 11) is 0. The number of ether oxygens (including phenoxy) is 1. The number of hydrogen-bond donors (Lipinski definition) is 0. The van der Waals surface area contributed by atoms with E-state index in [1.807, 2.05) is 6.07 Å². The second-order valence-electron chi connectivity index (χ2n) is 4.27. The second kappa shape index (κ2) is 6.05. The Balaban J connectivity index is 2.35. The van der Waals surface area contributed by atoms with Crippen molar-refractivity contribution in [3.63, 3.8) is 0 Å². The molecule has 0 N–H and O–H groups in total. The molecule has 98 valence electrons. The lowest BCUT2D eigenvalue weighted by Gasteiger charge is -2.08. The number of unbranched alkanes of at least 4 members (excludes halogenated alkanes) is 2. The molecule has 0 fully saturated rings. The Labute approximate surface area is 111 Å². The molecule has 0 radical (unpaired) electrons. The molecule has 1 aromatic heterocycles. The largest absolute Gasteiger partial charge is 0.493 e. The molecule has 2 rings (SSSR count). The molecule has 2 aromatic rings. The molecule has 0 atom stereocenters. The van der Waals surface area contributed by atoms with E-state index < -0.39 is 0 Å². The number of benzene rings is 1. The monoisotopic (exact) mass is 257 g/mol. The molecule has 0 aliphatic carbocycles. The van der Waals surface area contributed by atoms with Crippen LogP contribution in [0.5, 0.6) is 5.75 Å². The van der Waals surface area contributed by atoms with E-state index in [4.69, 9.17) is 14.4 Å². The molecule has 1 aromatic carbocycles. The van der Waals surface area contributed by atoms with Crippen LogP contribution in [0.15, 0.2) is 33.5 Å². The van der Waals surface area contributed by atoms with E-state index in [2.05, 4.69) is 6.92 Å². The molecular weight excluding hydrogens is 242 g/mol. The number of hydrogen-bond acceptors (Lipinski definition) is 4. The molecule has 19 heavy (non-hydrogen) atoms. The molecule has 0 unspecified atom stereocenters. The van der Waals surface area contributed by atoms with E-state index in [1.54, 1.807) is 18.2 Å². The predicted octanol–water partition coefficient (Wildman–Crippen LogP) is 3.23. The average molecular weight is 257 g/mol. The smallest absolute Gasteiger partial charge is 0.207 e. The summed E-state index contributed by atoms with van der Waals surface area (Å²) in [6, 6.07) is 8.19. The summed E-state index contributed by atoms with van der Waals surface area (Å²) >= 11 is 0. The number of fused-ring (bicyclic) bond motifs is 1. The maximum atomic E-state index is 12.0. The van der Waals surface area contributed by atoms with Gasteiger partial charge in [0.05, 0.1) is 6.61 Å².